The molecule has 1 fully saturated rings. The summed E-state index contributed by atoms with van der Waals surface area (Å²) in [5.41, 5.74) is 2.63. The molecule has 1 aromatic heterocycles. The average molecular weight is 414 g/mol. The molecule has 3 aromatic rings. The SMILES string of the molecule is Cc1cccc(N2CCN(S(=O)(=O)c3ccc4[nH]c(=O)c(=O)[nH]c4c3)CC2)c1C. The van der Waals surface area contributed by atoms with Crippen LogP contribution in [0.1, 0.15) is 11.1 Å². The van der Waals surface area contributed by atoms with E-state index >= 15 is 0 Å². The lowest BCUT2D eigenvalue weighted by Gasteiger charge is -2.36. The van der Waals surface area contributed by atoms with Crippen molar-refractivity contribution >= 4 is 26.7 Å². The average Bonchev–Trinajstić information content (AvgIpc) is 2.70. The van der Waals surface area contributed by atoms with Gasteiger partial charge in [-0.2, -0.15) is 4.31 Å². The number of fused-ring (bicyclic) bond motifs is 1. The van der Waals surface area contributed by atoms with Crippen molar-refractivity contribution in [3.8, 4) is 0 Å². The summed E-state index contributed by atoms with van der Waals surface area (Å²) in [7, 11) is -3.71. The molecule has 9 heteroatoms. The summed E-state index contributed by atoms with van der Waals surface area (Å²) in [6.07, 6.45) is 0. The second kappa shape index (κ2) is 7.16. The maximum Gasteiger partial charge on any atom is 0.314 e. The fraction of sp³-hybridized carbons (Fsp3) is 0.300. The van der Waals surface area contributed by atoms with Gasteiger partial charge in [0.2, 0.25) is 10.0 Å². The maximum absolute atomic E-state index is 13.1. The van der Waals surface area contributed by atoms with Crippen LogP contribution in [0.5, 0.6) is 0 Å². The lowest BCUT2D eigenvalue weighted by Crippen LogP contribution is -2.48. The van der Waals surface area contributed by atoms with E-state index in [1.165, 1.54) is 33.6 Å². The van der Waals surface area contributed by atoms with Crippen LogP contribution in [0.15, 0.2) is 50.9 Å². The number of aromatic amines is 2. The van der Waals surface area contributed by atoms with Crippen molar-refractivity contribution < 1.29 is 8.42 Å². The molecular formula is C20H22N4O4S. The number of H-pyrrole nitrogens is 2. The van der Waals surface area contributed by atoms with Gasteiger partial charge in [0.1, 0.15) is 0 Å². The summed E-state index contributed by atoms with van der Waals surface area (Å²) in [5, 5.41) is 0. The molecule has 2 aromatic carbocycles. The van der Waals surface area contributed by atoms with Crippen molar-refractivity contribution in [2.75, 3.05) is 31.1 Å². The van der Waals surface area contributed by atoms with Gasteiger partial charge in [-0.05, 0) is 49.2 Å². The summed E-state index contributed by atoms with van der Waals surface area (Å²) >= 11 is 0. The van der Waals surface area contributed by atoms with Gasteiger partial charge in [0.25, 0.3) is 0 Å². The van der Waals surface area contributed by atoms with Crippen LogP contribution in [-0.4, -0.2) is 48.9 Å². The van der Waals surface area contributed by atoms with Gasteiger partial charge in [-0.3, -0.25) is 9.59 Å². The van der Waals surface area contributed by atoms with Gasteiger partial charge in [-0.1, -0.05) is 12.1 Å². The van der Waals surface area contributed by atoms with E-state index in [9.17, 15) is 18.0 Å². The highest BCUT2D eigenvalue weighted by Gasteiger charge is 2.29. The first-order chi connectivity index (χ1) is 13.8. The van der Waals surface area contributed by atoms with Gasteiger partial charge in [-0.25, -0.2) is 8.42 Å². The van der Waals surface area contributed by atoms with E-state index < -0.39 is 21.1 Å². The van der Waals surface area contributed by atoms with Crippen molar-refractivity contribution in [2.45, 2.75) is 18.7 Å². The minimum absolute atomic E-state index is 0.0906. The molecule has 1 aliphatic rings. The Labute approximate surface area is 167 Å². The van der Waals surface area contributed by atoms with Gasteiger partial charge in [-0.15, -0.1) is 0 Å². The second-order valence-electron chi connectivity index (χ2n) is 7.23. The zero-order valence-electron chi connectivity index (χ0n) is 16.2. The number of benzene rings is 2. The third kappa shape index (κ3) is 3.47. The van der Waals surface area contributed by atoms with Gasteiger partial charge >= 0.3 is 11.1 Å². The van der Waals surface area contributed by atoms with Gasteiger partial charge in [0.15, 0.2) is 0 Å². The van der Waals surface area contributed by atoms with E-state index in [1.807, 2.05) is 6.07 Å². The Balaban J connectivity index is 1.58. The summed E-state index contributed by atoms with van der Waals surface area (Å²) in [6, 6.07) is 10.5. The molecule has 0 bridgehead atoms. The number of nitrogens with one attached hydrogen (secondary N) is 2. The third-order valence-electron chi connectivity index (χ3n) is 5.49. The molecule has 2 heterocycles. The number of piperazine rings is 1. The number of rotatable bonds is 3. The van der Waals surface area contributed by atoms with Crippen LogP contribution in [0.4, 0.5) is 5.69 Å². The molecule has 0 spiro atoms. The van der Waals surface area contributed by atoms with Crippen LogP contribution >= 0.6 is 0 Å². The van der Waals surface area contributed by atoms with E-state index in [0.717, 1.165) is 5.69 Å². The molecule has 0 unspecified atom stereocenters. The maximum atomic E-state index is 13.1. The Morgan fingerprint density at radius 1 is 0.862 bits per heavy atom. The third-order valence-corrected chi connectivity index (χ3v) is 7.38. The fourth-order valence-corrected chi connectivity index (χ4v) is 5.10. The largest absolute Gasteiger partial charge is 0.369 e. The van der Waals surface area contributed by atoms with Crippen LogP contribution in [0.2, 0.25) is 0 Å². The quantitative estimate of drug-likeness (QED) is 0.629. The molecule has 0 amide bonds. The normalized spacial score (nSPS) is 15.7. The highest BCUT2D eigenvalue weighted by atomic mass is 32.2. The first-order valence-electron chi connectivity index (χ1n) is 9.35. The molecule has 0 radical (unpaired) electrons. The number of hydrogen-bond acceptors (Lipinski definition) is 5. The van der Waals surface area contributed by atoms with Gasteiger partial charge in [0, 0.05) is 31.9 Å². The Kier molecular flexibility index (Phi) is 4.79. The monoisotopic (exact) mass is 414 g/mol. The van der Waals surface area contributed by atoms with Crippen molar-refractivity contribution in [1.29, 1.82) is 0 Å². The Hall–Kier alpha value is -2.91. The first kappa shape index (κ1) is 19.4. The fourth-order valence-electron chi connectivity index (χ4n) is 3.65. The van der Waals surface area contributed by atoms with E-state index in [-0.39, 0.29) is 10.4 Å². The van der Waals surface area contributed by atoms with Crippen LogP contribution in [0.25, 0.3) is 11.0 Å². The van der Waals surface area contributed by atoms with Crippen molar-refractivity contribution in [3.05, 3.63) is 68.2 Å². The smallest absolute Gasteiger partial charge is 0.314 e. The minimum atomic E-state index is -3.71. The van der Waals surface area contributed by atoms with E-state index in [0.29, 0.717) is 31.7 Å². The second-order valence-corrected chi connectivity index (χ2v) is 9.16. The number of aromatic nitrogens is 2. The predicted molar refractivity (Wildman–Crippen MR) is 112 cm³/mol. The molecule has 0 aliphatic carbocycles. The Morgan fingerprint density at radius 3 is 2.21 bits per heavy atom. The van der Waals surface area contributed by atoms with Gasteiger partial charge in [0.05, 0.1) is 15.9 Å². The number of anilines is 1. The van der Waals surface area contributed by atoms with E-state index in [4.69, 9.17) is 0 Å². The number of aryl methyl sites for hydroxylation is 1. The molecule has 0 atom stereocenters. The molecule has 2 N–H and O–H groups in total. The van der Waals surface area contributed by atoms with Crippen LogP contribution < -0.4 is 16.0 Å². The first-order valence-corrected chi connectivity index (χ1v) is 10.8. The van der Waals surface area contributed by atoms with Crippen LogP contribution in [0, 0.1) is 13.8 Å². The van der Waals surface area contributed by atoms with E-state index in [1.54, 1.807) is 0 Å². The molecule has 1 aliphatic heterocycles. The lowest BCUT2D eigenvalue weighted by molar-refractivity contribution is 0.385. The molecule has 0 saturated carbocycles. The minimum Gasteiger partial charge on any atom is -0.369 e. The topological polar surface area (TPSA) is 106 Å². The number of nitrogens with zero attached hydrogens (tertiary/aromatic N) is 2. The predicted octanol–water partition coefficient (Wildman–Crippen LogP) is 1.34. The molecule has 1 saturated heterocycles. The summed E-state index contributed by atoms with van der Waals surface area (Å²) in [4.78, 5) is 30.1. The van der Waals surface area contributed by atoms with Gasteiger partial charge < -0.3 is 14.9 Å². The highest BCUT2D eigenvalue weighted by molar-refractivity contribution is 7.89. The molecule has 152 valence electrons. The van der Waals surface area contributed by atoms with E-state index in [2.05, 4.69) is 40.8 Å². The van der Waals surface area contributed by atoms with Crippen molar-refractivity contribution in [1.82, 2.24) is 14.3 Å². The zero-order chi connectivity index (χ0) is 20.8. The molecular weight excluding hydrogens is 392 g/mol. The zero-order valence-corrected chi connectivity index (χ0v) is 17.0. The summed E-state index contributed by atoms with van der Waals surface area (Å²) in [5.74, 6) is 0. The van der Waals surface area contributed by atoms with Crippen molar-refractivity contribution in [2.24, 2.45) is 0 Å². The summed E-state index contributed by atoms with van der Waals surface area (Å²) in [6.45, 7) is 6.08. The molecule has 29 heavy (non-hydrogen) atoms. The van der Waals surface area contributed by atoms with Crippen LogP contribution in [-0.2, 0) is 10.0 Å². The Morgan fingerprint density at radius 2 is 1.52 bits per heavy atom. The lowest BCUT2D eigenvalue weighted by atomic mass is 10.1. The molecule has 8 nitrogen and oxygen atoms in total. The number of sulfonamides is 1. The standard InChI is InChI=1S/C20H22N4O4S/c1-13-4-3-5-18(14(13)2)23-8-10-24(11-9-23)29(27,28)15-6-7-16-17(12-15)22-20(26)19(25)21-16/h3-7,12H,8-11H2,1-2H3,(H,21,25)(H,22,26). The summed E-state index contributed by atoms with van der Waals surface area (Å²) < 4.78 is 27.6. The van der Waals surface area contributed by atoms with Crippen LogP contribution in [0.3, 0.4) is 0 Å². The number of hydrogen-bond donors (Lipinski definition) is 2. The highest BCUT2D eigenvalue weighted by Crippen LogP contribution is 2.26. The van der Waals surface area contributed by atoms with Crippen molar-refractivity contribution in [3.63, 3.8) is 0 Å². The molecule has 4 rings (SSSR count). The Bertz CT molecular complexity index is 1300.